The lowest BCUT2D eigenvalue weighted by molar-refractivity contribution is 0.0985. The summed E-state index contributed by atoms with van der Waals surface area (Å²) in [6.07, 6.45) is 0. The molecule has 0 fully saturated rings. The number of hydrogen-bond donors (Lipinski definition) is 0. The molecule has 4 aromatic rings. The largest absolute Gasteiger partial charge is 0.493 e. The summed E-state index contributed by atoms with van der Waals surface area (Å²) in [6.45, 7) is 4.98. The molecule has 0 N–H and O–H groups in total. The SMILES string of the molecule is COc1ccc(C(=O)N(CCn2nc(C)cc2C)c2nc3ccccc3s2)cc1OC. The third-order valence-corrected chi connectivity index (χ3v) is 6.09. The minimum atomic E-state index is -0.151. The van der Waals surface area contributed by atoms with Gasteiger partial charge in [0, 0.05) is 17.8 Å². The highest BCUT2D eigenvalue weighted by atomic mass is 32.1. The molecule has 7 nitrogen and oxygen atoms in total. The number of carbonyl (C=O) groups excluding carboxylic acids is 1. The zero-order chi connectivity index (χ0) is 22.0. The van der Waals surface area contributed by atoms with Crippen molar-refractivity contribution in [2.75, 3.05) is 25.7 Å². The Bertz CT molecular complexity index is 1200. The van der Waals surface area contributed by atoms with Gasteiger partial charge in [-0.25, -0.2) is 4.98 Å². The maximum atomic E-state index is 13.6. The fourth-order valence-electron chi connectivity index (χ4n) is 3.48. The van der Waals surface area contributed by atoms with Crippen LogP contribution in [0.2, 0.25) is 0 Å². The smallest absolute Gasteiger partial charge is 0.260 e. The van der Waals surface area contributed by atoms with E-state index in [-0.39, 0.29) is 5.91 Å². The molecule has 4 rings (SSSR count). The number of ether oxygens (including phenoxy) is 2. The van der Waals surface area contributed by atoms with E-state index in [1.807, 2.05) is 48.9 Å². The number of benzene rings is 2. The van der Waals surface area contributed by atoms with Gasteiger partial charge in [-0.3, -0.25) is 14.4 Å². The van der Waals surface area contributed by atoms with Crippen molar-refractivity contribution in [3.63, 3.8) is 0 Å². The second kappa shape index (κ2) is 8.77. The number of aromatic nitrogens is 3. The van der Waals surface area contributed by atoms with Crippen molar-refractivity contribution < 1.29 is 14.3 Å². The number of anilines is 1. The highest BCUT2D eigenvalue weighted by Crippen LogP contribution is 2.32. The number of fused-ring (bicyclic) bond motifs is 1. The van der Waals surface area contributed by atoms with E-state index in [2.05, 4.69) is 5.10 Å². The van der Waals surface area contributed by atoms with Gasteiger partial charge in [-0.15, -0.1) is 0 Å². The average molecular weight is 437 g/mol. The molecule has 0 aliphatic carbocycles. The number of methoxy groups -OCH3 is 2. The van der Waals surface area contributed by atoms with Gasteiger partial charge in [0.2, 0.25) is 0 Å². The summed E-state index contributed by atoms with van der Waals surface area (Å²) in [5.41, 5.74) is 3.39. The summed E-state index contributed by atoms with van der Waals surface area (Å²) in [7, 11) is 3.13. The van der Waals surface area contributed by atoms with Crippen LogP contribution in [0.5, 0.6) is 11.5 Å². The molecule has 2 aromatic heterocycles. The number of hydrogen-bond acceptors (Lipinski definition) is 6. The van der Waals surface area contributed by atoms with Gasteiger partial charge >= 0.3 is 0 Å². The van der Waals surface area contributed by atoms with Crippen LogP contribution in [0.4, 0.5) is 5.13 Å². The Morgan fingerprint density at radius 1 is 1.06 bits per heavy atom. The van der Waals surface area contributed by atoms with Gasteiger partial charge in [-0.2, -0.15) is 5.10 Å². The van der Waals surface area contributed by atoms with Crippen molar-refractivity contribution in [1.82, 2.24) is 14.8 Å². The third-order valence-electron chi connectivity index (χ3n) is 5.03. The van der Waals surface area contributed by atoms with Crippen molar-refractivity contribution in [2.45, 2.75) is 20.4 Å². The van der Waals surface area contributed by atoms with Gasteiger partial charge < -0.3 is 9.47 Å². The molecule has 2 heterocycles. The van der Waals surface area contributed by atoms with Crippen molar-refractivity contribution in [1.29, 1.82) is 0 Å². The van der Waals surface area contributed by atoms with Crippen LogP contribution < -0.4 is 14.4 Å². The zero-order valence-corrected chi connectivity index (χ0v) is 18.8. The Balaban J connectivity index is 1.70. The fraction of sp³-hybridized carbons (Fsp3) is 0.261. The molecule has 0 bridgehead atoms. The van der Waals surface area contributed by atoms with Gasteiger partial charge in [0.1, 0.15) is 0 Å². The highest BCUT2D eigenvalue weighted by molar-refractivity contribution is 7.22. The predicted molar refractivity (Wildman–Crippen MR) is 123 cm³/mol. The number of nitrogens with zero attached hydrogens (tertiary/aromatic N) is 4. The topological polar surface area (TPSA) is 69.5 Å². The molecule has 0 radical (unpaired) electrons. The summed E-state index contributed by atoms with van der Waals surface area (Å²) in [5.74, 6) is 0.936. The van der Waals surface area contributed by atoms with Crippen LogP contribution in [-0.2, 0) is 6.54 Å². The van der Waals surface area contributed by atoms with E-state index in [1.54, 1.807) is 37.3 Å². The first-order chi connectivity index (χ1) is 15.0. The molecule has 8 heteroatoms. The molecule has 0 saturated carbocycles. The second-order valence-electron chi connectivity index (χ2n) is 7.14. The number of para-hydroxylation sites is 1. The molecule has 0 saturated heterocycles. The van der Waals surface area contributed by atoms with Crippen molar-refractivity contribution in [3.05, 3.63) is 65.5 Å². The lowest BCUT2D eigenvalue weighted by Crippen LogP contribution is -2.34. The minimum absolute atomic E-state index is 0.151. The third kappa shape index (κ3) is 4.25. The summed E-state index contributed by atoms with van der Waals surface area (Å²) in [4.78, 5) is 20.0. The number of amides is 1. The maximum Gasteiger partial charge on any atom is 0.260 e. The Labute approximate surface area is 184 Å². The maximum absolute atomic E-state index is 13.6. The Hall–Kier alpha value is -3.39. The number of carbonyl (C=O) groups is 1. The van der Waals surface area contributed by atoms with Crippen LogP contribution >= 0.6 is 11.3 Å². The molecule has 0 spiro atoms. The van der Waals surface area contributed by atoms with Gasteiger partial charge in [0.15, 0.2) is 16.6 Å². The van der Waals surface area contributed by atoms with E-state index in [1.165, 1.54) is 11.3 Å². The molecular weight excluding hydrogens is 412 g/mol. The second-order valence-corrected chi connectivity index (χ2v) is 8.15. The zero-order valence-electron chi connectivity index (χ0n) is 18.0. The van der Waals surface area contributed by atoms with Crippen LogP contribution in [0.3, 0.4) is 0 Å². The van der Waals surface area contributed by atoms with Gasteiger partial charge in [0.05, 0.1) is 36.7 Å². The van der Waals surface area contributed by atoms with Gasteiger partial charge in [-0.05, 0) is 50.2 Å². The van der Waals surface area contributed by atoms with Crippen LogP contribution in [0.25, 0.3) is 10.2 Å². The first kappa shape index (κ1) is 20.9. The molecule has 160 valence electrons. The molecule has 31 heavy (non-hydrogen) atoms. The van der Waals surface area contributed by atoms with E-state index in [0.717, 1.165) is 21.6 Å². The fourth-order valence-corrected chi connectivity index (χ4v) is 4.47. The standard InChI is InChI=1S/C23H24N4O3S/c1-15-13-16(2)27(25-15)12-11-26(23-24-18-7-5-6-8-21(18)31-23)22(28)17-9-10-19(29-3)20(14-17)30-4/h5-10,13-14H,11-12H2,1-4H3. The first-order valence-electron chi connectivity index (χ1n) is 9.90. The average Bonchev–Trinajstić information content (AvgIpc) is 3.35. The normalized spacial score (nSPS) is 11.0. The quantitative estimate of drug-likeness (QED) is 0.427. The number of thiazole rings is 1. The molecular formula is C23H24N4O3S. The summed E-state index contributed by atoms with van der Waals surface area (Å²) >= 11 is 1.50. The van der Waals surface area contributed by atoms with Crippen LogP contribution in [0.15, 0.2) is 48.5 Å². The van der Waals surface area contributed by atoms with Gasteiger partial charge in [0.25, 0.3) is 5.91 Å². The van der Waals surface area contributed by atoms with E-state index in [0.29, 0.717) is 35.3 Å². The number of rotatable bonds is 7. The van der Waals surface area contributed by atoms with Gasteiger partial charge in [-0.1, -0.05) is 23.5 Å². The summed E-state index contributed by atoms with van der Waals surface area (Å²) < 4.78 is 13.6. The van der Waals surface area contributed by atoms with Crippen molar-refractivity contribution >= 4 is 32.6 Å². The van der Waals surface area contributed by atoms with E-state index in [4.69, 9.17) is 14.5 Å². The number of aryl methyl sites for hydroxylation is 2. The molecule has 2 aromatic carbocycles. The van der Waals surface area contributed by atoms with Crippen molar-refractivity contribution in [2.24, 2.45) is 0 Å². The molecule has 0 atom stereocenters. The predicted octanol–water partition coefficient (Wildman–Crippen LogP) is 4.47. The van der Waals surface area contributed by atoms with E-state index >= 15 is 0 Å². The lowest BCUT2D eigenvalue weighted by Gasteiger charge is -2.21. The lowest BCUT2D eigenvalue weighted by atomic mass is 10.1. The van der Waals surface area contributed by atoms with Crippen molar-refractivity contribution in [3.8, 4) is 11.5 Å². The van der Waals surface area contributed by atoms with E-state index < -0.39 is 0 Å². The Morgan fingerprint density at radius 3 is 2.52 bits per heavy atom. The molecule has 1 amide bonds. The first-order valence-corrected chi connectivity index (χ1v) is 10.7. The summed E-state index contributed by atoms with van der Waals surface area (Å²) in [6, 6.07) is 15.1. The van der Waals surface area contributed by atoms with Crippen LogP contribution in [0.1, 0.15) is 21.7 Å². The van der Waals surface area contributed by atoms with E-state index in [9.17, 15) is 4.79 Å². The Kier molecular flexibility index (Phi) is 5.90. The Morgan fingerprint density at radius 2 is 1.84 bits per heavy atom. The highest BCUT2D eigenvalue weighted by Gasteiger charge is 2.23. The minimum Gasteiger partial charge on any atom is -0.493 e. The molecule has 0 aliphatic rings. The van der Waals surface area contributed by atoms with Crippen LogP contribution in [-0.4, -0.2) is 41.4 Å². The molecule has 0 unspecified atom stereocenters. The molecule has 0 aliphatic heterocycles. The van der Waals surface area contributed by atoms with Crippen LogP contribution in [0, 0.1) is 13.8 Å². The summed E-state index contributed by atoms with van der Waals surface area (Å²) in [5, 5.41) is 5.18. The monoisotopic (exact) mass is 436 g/mol.